The maximum Gasteiger partial charge on any atom is 0.179 e. The molecule has 2 fully saturated rings. The summed E-state index contributed by atoms with van der Waals surface area (Å²) in [5.74, 6) is 1.01. The maximum atomic E-state index is 12.3. The predicted molar refractivity (Wildman–Crippen MR) is 71.9 cm³/mol. The number of rotatable bonds is 4. The normalized spacial score (nSPS) is 21.8. The number of nitrogens with zero attached hydrogens (tertiary/aromatic N) is 1. The van der Waals surface area contributed by atoms with Gasteiger partial charge in [-0.05, 0) is 44.0 Å². The molecule has 98 valence electrons. The Kier molecular flexibility index (Phi) is 3.50. The molecule has 0 unspecified atom stereocenters. The van der Waals surface area contributed by atoms with Gasteiger partial charge in [0.15, 0.2) is 5.78 Å². The van der Waals surface area contributed by atoms with Crippen molar-refractivity contribution in [1.82, 2.24) is 9.88 Å². The van der Waals surface area contributed by atoms with E-state index in [1.54, 1.807) is 0 Å². The minimum Gasteiger partial charge on any atom is -0.342 e. The molecule has 0 atom stereocenters. The molecule has 2 aliphatic rings. The van der Waals surface area contributed by atoms with Gasteiger partial charge in [0.1, 0.15) is 0 Å². The van der Waals surface area contributed by atoms with Gasteiger partial charge in [-0.25, -0.2) is 0 Å². The molecule has 0 radical (unpaired) electrons. The van der Waals surface area contributed by atoms with E-state index in [-0.39, 0.29) is 0 Å². The second kappa shape index (κ2) is 5.27. The number of aromatic nitrogens is 1. The highest BCUT2D eigenvalue weighted by Crippen LogP contribution is 2.31. The lowest BCUT2D eigenvalue weighted by Crippen LogP contribution is -2.30. The van der Waals surface area contributed by atoms with Crippen molar-refractivity contribution in [2.75, 3.05) is 13.1 Å². The Balaban J connectivity index is 1.71. The third-order valence-corrected chi connectivity index (χ3v) is 4.47. The first-order valence-electron chi connectivity index (χ1n) is 7.25. The highest BCUT2D eigenvalue weighted by molar-refractivity contribution is 5.94. The van der Waals surface area contributed by atoms with Gasteiger partial charge in [-0.3, -0.25) is 4.79 Å². The monoisotopic (exact) mass is 246 g/mol. The minimum absolute atomic E-state index is 0.350. The number of ketones is 1. The summed E-state index contributed by atoms with van der Waals surface area (Å²) in [6, 6.07) is 4.54. The van der Waals surface area contributed by atoms with Crippen molar-refractivity contribution in [3.05, 3.63) is 24.0 Å². The smallest absolute Gasteiger partial charge is 0.179 e. The van der Waals surface area contributed by atoms with Crippen molar-refractivity contribution in [2.45, 2.75) is 44.6 Å². The number of hydrogen-bond acceptors (Lipinski definition) is 2. The number of Topliss-reactive ketones (excluding diaryl/α,β-unsaturated/α-hetero) is 1. The van der Waals surface area contributed by atoms with E-state index in [4.69, 9.17) is 0 Å². The second-order valence-corrected chi connectivity index (χ2v) is 5.71. The summed E-state index contributed by atoms with van der Waals surface area (Å²) in [5.41, 5.74) is 0.939. The van der Waals surface area contributed by atoms with Gasteiger partial charge in [0.05, 0.1) is 5.69 Å². The molecule has 1 aliphatic heterocycles. The molecule has 1 aromatic heterocycles. The zero-order valence-corrected chi connectivity index (χ0v) is 10.9. The Bertz CT molecular complexity index is 414. The van der Waals surface area contributed by atoms with Crippen LogP contribution in [0.3, 0.4) is 0 Å². The molecule has 3 nitrogen and oxygen atoms in total. The van der Waals surface area contributed by atoms with Crippen LogP contribution in [0, 0.1) is 5.92 Å². The lowest BCUT2D eigenvalue weighted by Gasteiger charge is -2.27. The molecule has 3 rings (SSSR count). The first kappa shape index (κ1) is 12.0. The third-order valence-electron chi connectivity index (χ3n) is 4.47. The van der Waals surface area contributed by atoms with Gasteiger partial charge in [0, 0.05) is 18.7 Å². The van der Waals surface area contributed by atoms with Gasteiger partial charge in [-0.15, -0.1) is 0 Å². The van der Waals surface area contributed by atoms with Crippen molar-refractivity contribution in [3.8, 4) is 0 Å². The standard InChI is InChI=1S/C15H22N2O/c18-15(11-12-3-1-4-12)14-5-2-10-17(14)13-6-8-16-9-7-13/h2,5,10,12-13,16H,1,3-4,6-9,11H2. The van der Waals surface area contributed by atoms with Crippen molar-refractivity contribution < 1.29 is 4.79 Å². The first-order chi connectivity index (χ1) is 8.84. The van der Waals surface area contributed by atoms with E-state index in [9.17, 15) is 4.79 Å². The van der Waals surface area contributed by atoms with Crippen molar-refractivity contribution >= 4 is 5.78 Å². The van der Waals surface area contributed by atoms with Gasteiger partial charge in [0.25, 0.3) is 0 Å². The Morgan fingerprint density at radius 3 is 2.72 bits per heavy atom. The average molecular weight is 246 g/mol. The van der Waals surface area contributed by atoms with Crippen LogP contribution in [0.1, 0.15) is 55.1 Å². The zero-order chi connectivity index (χ0) is 12.4. The van der Waals surface area contributed by atoms with Crippen LogP contribution in [0.4, 0.5) is 0 Å². The lowest BCUT2D eigenvalue weighted by molar-refractivity contribution is 0.0923. The third kappa shape index (κ3) is 2.37. The van der Waals surface area contributed by atoms with Gasteiger partial charge >= 0.3 is 0 Å². The van der Waals surface area contributed by atoms with Gasteiger partial charge in [-0.1, -0.05) is 19.3 Å². The summed E-state index contributed by atoms with van der Waals surface area (Å²) in [4.78, 5) is 12.3. The van der Waals surface area contributed by atoms with Crippen LogP contribution in [0.5, 0.6) is 0 Å². The van der Waals surface area contributed by atoms with E-state index in [0.29, 0.717) is 17.7 Å². The summed E-state index contributed by atoms with van der Waals surface area (Å²) in [6.45, 7) is 2.14. The molecule has 2 heterocycles. The molecule has 0 spiro atoms. The maximum absolute atomic E-state index is 12.3. The van der Waals surface area contributed by atoms with Gasteiger partial charge in [0.2, 0.25) is 0 Å². The fraction of sp³-hybridized carbons (Fsp3) is 0.667. The zero-order valence-electron chi connectivity index (χ0n) is 10.9. The van der Waals surface area contributed by atoms with Crippen molar-refractivity contribution in [1.29, 1.82) is 0 Å². The van der Waals surface area contributed by atoms with E-state index < -0.39 is 0 Å². The van der Waals surface area contributed by atoms with E-state index >= 15 is 0 Å². The van der Waals surface area contributed by atoms with Gasteiger partial charge in [-0.2, -0.15) is 0 Å². The highest BCUT2D eigenvalue weighted by atomic mass is 16.1. The molecule has 18 heavy (non-hydrogen) atoms. The minimum atomic E-state index is 0.350. The Hall–Kier alpha value is -1.09. The average Bonchev–Trinajstić information content (AvgIpc) is 2.84. The Morgan fingerprint density at radius 1 is 1.28 bits per heavy atom. The Morgan fingerprint density at radius 2 is 2.06 bits per heavy atom. The van der Waals surface area contributed by atoms with Crippen LogP contribution >= 0.6 is 0 Å². The van der Waals surface area contributed by atoms with Crippen LogP contribution < -0.4 is 5.32 Å². The molecule has 1 aromatic rings. The molecule has 0 amide bonds. The van der Waals surface area contributed by atoms with E-state index in [0.717, 1.165) is 38.0 Å². The molecule has 3 heteroatoms. The SMILES string of the molecule is O=C(CC1CCC1)c1cccn1C1CCNCC1. The first-order valence-corrected chi connectivity index (χ1v) is 7.25. The van der Waals surface area contributed by atoms with E-state index in [1.165, 1.54) is 19.3 Å². The number of nitrogens with one attached hydrogen (secondary N) is 1. The van der Waals surface area contributed by atoms with Crippen LogP contribution in [-0.4, -0.2) is 23.4 Å². The summed E-state index contributed by atoms with van der Waals surface area (Å²) in [7, 11) is 0. The van der Waals surface area contributed by atoms with Crippen molar-refractivity contribution in [3.63, 3.8) is 0 Å². The fourth-order valence-electron chi connectivity index (χ4n) is 3.10. The summed E-state index contributed by atoms with van der Waals surface area (Å²) in [5, 5.41) is 3.38. The molecular formula is C15H22N2O. The fourth-order valence-corrected chi connectivity index (χ4v) is 3.10. The quantitative estimate of drug-likeness (QED) is 0.829. The molecule has 1 aliphatic carbocycles. The predicted octanol–water partition coefficient (Wildman–Crippen LogP) is 2.79. The van der Waals surface area contributed by atoms with E-state index in [2.05, 4.69) is 16.1 Å². The van der Waals surface area contributed by atoms with Crippen molar-refractivity contribution in [2.24, 2.45) is 5.92 Å². The molecule has 0 bridgehead atoms. The largest absolute Gasteiger partial charge is 0.342 e. The number of carbonyl (C=O) groups excluding carboxylic acids is 1. The summed E-state index contributed by atoms with van der Waals surface area (Å²) in [6.07, 6.45) is 8.93. The molecule has 1 saturated carbocycles. The van der Waals surface area contributed by atoms with Gasteiger partial charge < -0.3 is 9.88 Å². The topological polar surface area (TPSA) is 34.0 Å². The van der Waals surface area contributed by atoms with Crippen LogP contribution in [-0.2, 0) is 0 Å². The van der Waals surface area contributed by atoms with Crippen LogP contribution in [0.25, 0.3) is 0 Å². The van der Waals surface area contributed by atoms with E-state index in [1.807, 2.05) is 12.1 Å². The summed E-state index contributed by atoms with van der Waals surface area (Å²) >= 11 is 0. The molecule has 1 N–H and O–H groups in total. The number of carbonyl (C=O) groups is 1. The lowest BCUT2D eigenvalue weighted by atomic mass is 9.81. The Labute approximate surface area is 109 Å². The number of piperidine rings is 1. The summed E-state index contributed by atoms with van der Waals surface area (Å²) < 4.78 is 2.22. The molecule has 0 aromatic carbocycles. The second-order valence-electron chi connectivity index (χ2n) is 5.71. The number of hydrogen-bond donors (Lipinski definition) is 1. The van der Waals surface area contributed by atoms with Crippen LogP contribution in [0.2, 0.25) is 0 Å². The van der Waals surface area contributed by atoms with Crippen LogP contribution in [0.15, 0.2) is 18.3 Å². The molecule has 1 saturated heterocycles. The highest BCUT2D eigenvalue weighted by Gasteiger charge is 2.24. The molecular weight excluding hydrogens is 224 g/mol.